The highest BCUT2D eigenvalue weighted by Crippen LogP contribution is 2.26. The van der Waals surface area contributed by atoms with E-state index in [-0.39, 0.29) is 17.1 Å². The number of halogens is 2. The number of hydrogen-bond donors (Lipinski definition) is 0. The van der Waals surface area contributed by atoms with Crippen molar-refractivity contribution < 1.29 is 13.5 Å². The first kappa shape index (κ1) is 11.1. The summed E-state index contributed by atoms with van der Waals surface area (Å²) in [5.74, 6) is -1.45. The molecule has 0 atom stereocenters. The van der Waals surface area contributed by atoms with Gasteiger partial charge in [-0.2, -0.15) is 5.26 Å². The molecule has 0 aliphatic rings. The van der Waals surface area contributed by atoms with Gasteiger partial charge < -0.3 is 4.74 Å². The zero-order chi connectivity index (χ0) is 12.3. The van der Waals surface area contributed by atoms with Gasteiger partial charge >= 0.3 is 0 Å². The maximum atomic E-state index is 13.5. The maximum absolute atomic E-state index is 13.5. The molecule has 0 N–H and O–H groups in total. The summed E-state index contributed by atoms with van der Waals surface area (Å²) in [6.07, 6.45) is 0. The summed E-state index contributed by atoms with van der Waals surface area (Å²) in [6.45, 7) is 0. The number of ether oxygens (including phenoxy) is 1. The minimum atomic E-state index is -0.702. The molecule has 4 heteroatoms. The van der Waals surface area contributed by atoms with Crippen LogP contribution in [0.4, 0.5) is 8.78 Å². The summed E-state index contributed by atoms with van der Waals surface area (Å²) >= 11 is 0. The van der Waals surface area contributed by atoms with Crippen LogP contribution in [-0.2, 0) is 0 Å². The van der Waals surface area contributed by atoms with Crippen molar-refractivity contribution in [3.8, 4) is 17.6 Å². The fraction of sp³-hybridized carbons (Fsp3) is 0. The third-order valence-electron chi connectivity index (χ3n) is 2.12. The monoisotopic (exact) mass is 231 g/mol. The van der Waals surface area contributed by atoms with Crippen LogP contribution in [0.5, 0.6) is 11.5 Å². The van der Waals surface area contributed by atoms with Crippen molar-refractivity contribution in [1.82, 2.24) is 0 Å². The molecule has 0 aromatic heterocycles. The van der Waals surface area contributed by atoms with Gasteiger partial charge in [-0.05, 0) is 30.3 Å². The van der Waals surface area contributed by atoms with E-state index < -0.39 is 11.6 Å². The molecule has 0 amide bonds. The van der Waals surface area contributed by atoms with Crippen LogP contribution in [0.2, 0.25) is 0 Å². The van der Waals surface area contributed by atoms with Gasteiger partial charge in [0, 0.05) is 0 Å². The Bertz CT molecular complexity index is 590. The van der Waals surface area contributed by atoms with E-state index >= 15 is 0 Å². The van der Waals surface area contributed by atoms with E-state index in [1.165, 1.54) is 30.3 Å². The second-order valence-electron chi connectivity index (χ2n) is 3.29. The van der Waals surface area contributed by atoms with Crippen molar-refractivity contribution in [2.45, 2.75) is 0 Å². The van der Waals surface area contributed by atoms with Gasteiger partial charge in [-0.1, -0.05) is 12.1 Å². The Morgan fingerprint density at radius 3 is 2.29 bits per heavy atom. The van der Waals surface area contributed by atoms with E-state index in [0.717, 1.165) is 6.07 Å². The minimum absolute atomic E-state index is 0.0592. The first-order valence-corrected chi connectivity index (χ1v) is 4.83. The Kier molecular flexibility index (Phi) is 3.01. The smallest absolute Gasteiger partial charge is 0.167 e. The topological polar surface area (TPSA) is 33.0 Å². The summed E-state index contributed by atoms with van der Waals surface area (Å²) in [6, 6.07) is 11.2. The predicted octanol–water partition coefficient (Wildman–Crippen LogP) is 3.63. The van der Waals surface area contributed by atoms with E-state index in [1.807, 2.05) is 0 Å². The SMILES string of the molecule is N#Cc1ccc(Oc2ccccc2F)c(F)c1. The number of rotatable bonds is 2. The van der Waals surface area contributed by atoms with Crippen molar-refractivity contribution in [3.05, 3.63) is 59.7 Å². The second-order valence-corrected chi connectivity index (χ2v) is 3.29. The number of benzene rings is 2. The first-order chi connectivity index (χ1) is 8.20. The Morgan fingerprint density at radius 1 is 0.941 bits per heavy atom. The van der Waals surface area contributed by atoms with Crippen molar-refractivity contribution in [3.63, 3.8) is 0 Å². The van der Waals surface area contributed by atoms with Crippen molar-refractivity contribution in [2.24, 2.45) is 0 Å². The van der Waals surface area contributed by atoms with Crippen LogP contribution in [0.15, 0.2) is 42.5 Å². The van der Waals surface area contributed by atoms with Crippen LogP contribution >= 0.6 is 0 Å². The number of hydrogen-bond acceptors (Lipinski definition) is 2. The summed E-state index contributed by atoms with van der Waals surface area (Å²) in [5.41, 5.74) is 0.184. The fourth-order valence-electron chi connectivity index (χ4n) is 1.30. The number of nitriles is 1. The first-order valence-electron chi connectivity index (χ1n) is 4.83. The highest BCUT2D eigenvalue weighted by Gasteiger charge is 2.08. The van der Waals surface area contributed by atoms with E-state index in [9.17, 15) is 8.78 Å². The summed E-state index contributed by atoms with van der Waals surface area (Å²) in [4.78, 5) is 0. The highest BCUT2D eigenvalue weighted by atomic mass is 19.1. The zero-order valence-corrected chi connectivity index (χ0v) is 8.65. The van der Waals surface area contributed by atoms with Crippen LogP contribution in [0, 0.1) is 23.0 Å². The Hall–Kier alpha value is -2.41. The average Bonchev–Trinajstić information content (AvgIpc) is 2.34. The largest absolute Gasteiger partial charge is 0.451 e. The van der Waals surface area contributed by atoms with Gasteiger partial charge in [0.2, 0.25) is 0 Å². The lowest BCUT2D eigenvalue weighted by Crippen LogP contribution is -1.91. The standard InChI is InChI=1S/C13H7F2NO/c14-10-3-1-2-4-12(10)17-13-6-5-9(8-16)7-11(13)15/h1-7H. The quantitative estimate of drug-likeness (QED) is 0.790. The molecule has 84 valence electrons. The lowest BCUT2D eigenvalue weighted by molar-refractivity contribution is 0.414. The van der Waals surface area contributed by atoms with Gasteiger partial charge in [-0.15, -0.1) is 0 Å². The molecule has 0 heterocycles. The van der Waals surface area contributed by atoms with Gasteiger partial charge in [-0.3, -0.25) is 0 Å². The van der Waals surface area contributed by atoms with Crippen molar-refractivity contribution >= 4 is 0 Å². The molecule has 0 aliphatic heterocycles. The van der Waals surface area contributed by atoms with Crippen molar-refractivity contribution in [2.75, 3.05) is 0 Å². The van der Waals surface area contributed by atoms with Crippen molar-refractivity contribution in [1.29, 1.82) is 5.26 Å². The van der Waals surface area contributed by atoms with Crippen LogP contribution in [-0.4, -0.2) is 0 Å². The fourth-order valence-corrected chi connectivity index (χ4v) is 1.30. The van der Waals surface area contributed by atoms with Crippen LogP contribution < -0.4 is 4.74 Å². The Balaban J connectivity index is 2.32. The molecule has 0 unspecified atom stereocenters. The number of nitrogens with zero attached hydrogens (tertiary/aromatic N) is 1. The Morgan fingerprint density at radius 2 is 1.65 bits per heavy atom. The van der Waals surface area contributed by atoms with E-state index in [0.29, 0.717) is 0 Å². The van der Waals surface area contributed by atoms with E-state index in [1.54, 1.807) is 12.1 Å². The molecule has 2 nitrogen and oxygen atoms in total. The third-order valence-corrected chi connectivity index (χ3v) is 2.12. The van der Waals surface area contributed by atoms with E-state index in [4.69, 9.17) is 10.00 Å². The maximum Gasteiger partial charge on any atom is 0.167 e. The van der Waals surface area contributed by atoms with E-state index in [2.05, 4.69) is 0 Å². The average molecular weight is 231 g/mol. The van der Waals surface area contributed by atoms with Gasteiger partial charge in [0.1, 0.15) is 0 Å². The molecule has 0 spiro atoms. The van der Waals surface area contributed by atoms with Gasteiger partial charge in [0.15, 0.2) is 23.1 Å². The Labute approximate surface area is 96.7 Å². The normalized spacial score (nSPS) is 9.71. The van der Waals surface area contributed by atoms with Gasteiger partial charge in [0.25, 0.3) is 0 Å². The summed E-state index contributed by atoms with van der Waals surface area (Å²) in [5, 5.41) is 8.57. The molecule has 17 heavy (non-hydrogen) atoms. The predicted molar refractivity (Wildman–Crippen MR) is 57.6 cm³/mol. The minimum Gasteiger partial charge on any atom is -0.451 e. The molecule has 0 bridgehead atoms. The second kappa shape index (κ2) is 4.62. The van der Waals surface area contributed by atoms with Gasteiger partial charge in [0.05, 0.1) is 11.6 Å². The molecular formula is C13H7F2NO. The molecule has 0 saturated carbocycles. The molecule has 0 saturated heterocycles. The summed E-state index contributed by atoms with van der Waals surface area (Å²) in [7, 11) is 0. The highest BCUT2D eigenvalue weighted by molar-refractivity contribution is 5.38. The summed E-state index contributed by atoms with van der Waals surface area (Å²) < 4.78 is 31.8. The molecule has 2 aromatic rings. The zero-order valence-electron chi connectivity index (χ0n) is 8.65. The molecule has 2 aromatic carbocycles. The lowest BCUT2D eigenvalue weighted by atomic mass is 10.2. The van der Waals surface area contributed by atoms with Gasteiger partial charge in [-0.25, -0.2) is 8.78 Å². The molecule has 0 radical (unpaired) electrons. The lowest BCUT2D eigenvalue weighted by Gasteiger charge is -2.07. The molecule has 0 aliphatic carbocycles. The van der Waals surface area contributed by atoms with Crippen LogP contribution in [0.25, 0.3) is 0 Å². The molecular weight excluding hydrogens is 224 g/mol. The number of para-hydroxylation sites is 1. The third kappa shape index (κ3) is 2.40. The molecule has 2 rings (SSSR count). The van der Waals surface area contributed by atoms with Crippen LogP contribution in [0.1, 0.15) is 5.56 Å². The molecule has 0 fully saturated rings. The van der Waals surface area contributed by atoms with Crippen LogP contribution in [0.3, 0.4) is 0 Å².